The topological polar surface area (TPSA) is 44.4 Å². The van der Waals surface area contributed by atoms with Crippen LogP contribution >= 0.6 is 24.8 Å². The van der Waals surface area contributed by atoms with Gasteiger partial charge in [0, 0.05) is 26.1 Å². The van der Waals surface area contributed by atoms with Crippen LogP contribution in [0, 0.1) is 0 Å². The van der Waals surface area contributed by atoms with Gasteiger partial charge in [-0.05, 0) is 44.1 Å². The molecule has 22 heavy (non-hydrogen) atoms. The second-order valence-electron chi connectivity index (χ2n) is 5.38. The normalized spacial score (nSPS) is 14.0. The fourth-order valence-electron chi connectivity index (χ4n) is 2.59. The number of carbonyl (C=O) groups is 1. The third-order valence-electron chi connectivity index (χ3n) is 3.79. The lowest BCUT2D eigenvalue weighted by Gasteiger charge is -2.17. The van der Waals surface area contributed by atoms with E-state index in [9.17, 15) is 4.79 Å². The Kier molecular flexibility index (Phi) is 11.3. The first-order valence-corrected chi connectivity index (χ1v) is 7.50. The summed E-state index contributed by atoms with van der Waals surface area (Å²) < 4.78 is 0. The fourth-order valence-corrected chi connectivity index (χ4v) is 2.59. The zero-order chi connectivity index (χ0) is 14.2. The second-order valence-corrected chi connectivity index (χ2v) is 5.38. The van der Waals surface area contributed by atoms with Crippen molar-refractivity contribution in [1.82, 2.24) is 15.5 Å². The van der Waals surface area contributed by atoms with Crippen LogP contribution in [0.25, 0.3) is 0 Å². The van der Waals surface area contributed by atoms with Crippen molar-refractivity contribution in [2.75, 3.05) is 26.7 Å². The van der Waals surface area contributed by atoms with E-state index in [0.717, 1.165) is 13.1 Å². The Balaban J connectivity index is 0.00000220. The number of carbonyl (C=O) groups excluding carboxylic acids is 1. The molecule has 2 rings (SSSR count). The predicted molar refractivity (Wildman–Crippen MR) is 95.8 cm³/mol. The molecule has 0 radical (unpaired) electrons. The molecule has 4 nitrogen and oxygen atoms in total. The minimum Gasteiger partial charge on any atom is -0.352 e. The van der Waals surface area contributed by atoms with Gasteiger partial charge >= 0.3 is 0 Å². The van der Waals surface area contributed by atoms with Crippen LogP contribution in [0.4, 0.5) is 0 Å². The van der Waals surface area contributed by atoms with Crippen LogP contribution in [0.3, 0.4) is 0 Å². The summed E-state index contributed by atoms with van der Waals surface area (Å²) in [5, 5.41) is 5.99. The first-order chi connectivity index (χ1) is 9.79. The quantitative estimate of drug-likeness (QED) is 0.795. The maximum atomic E-state index is 11.7. The zero-order valence-electron chi connectivity index (χ0n) is 13.1. The van der Waals surface area contributed by atoms with Gasteiger partial charge < -0.3 is 10.6 Å². The minimum absolute atomic E-state index is 0. The molecule has 0 aliphatic carbocycles. The van der Waals surface area contributed by atoms with Gasteiger partial charge in [-0.2, -0.15) is 0 Å². The number of hydrogen-bond acceptors (Lipinski definition) is 3. The number of amides is 1. The Labute approximate surface area is 145 Å². The van der Waals surface area contributed by atoms with E-state index in [1.165, 1.54) is 37.1 Å². The molecule has 1 aromatic rings. The van der Waals surface area contributed by atoms with Gasteiger partial charge in [-0.3, -0.25) is 9.69 Å². The number of rotatable bonds is 7. The Bertz CT molecular complexity index is 437. The third-order valence-corrected chi connectivity index (χ3v) is 3.79. The third kappa shape index (κ3) is 6.97. The molecule has 0 saturated carbocycles. The summed E-state index contributed by atoms with van der Waals surface area (Å²) in [6.07, 6.45) is 3.15. The molecule has 126 valence electrons. The van der Waals surface area contributed by atoms with E-state index in [1.807, 2.05) is 13.1 Å². The molecule has 6 heteroatoms. The van der Waals surface area contributed by atoms with Gasteiger partial charge in [0.15, 0.2) is 0 Å². The SMILES string of the molecule is CNCCC(=O)NCc1ccccc1CN1CCCC1.Cl.Cl. The van der Waals surface area contributed by atoms with Crippen molar-refractivity contribution in [2.24, 2.45) is 0 Å². The van der Waals surface area contributed by atoms with Crippen molar-refractivity contribution in [3.8, 4) is 0 Å². The summed E-state index contributed by atoms with van der Waals surface area (Å²) in [5.41, 5.74) is 2.57. The van der Waals surface area contributed by atoms with Gasteiger partial charge in [0.05, 0.1) is 0 Å². The van der Waals surface area contributed by atoms with Gasteiger partial charge in [0.1, 0.15) is 0 Å². The first-order valence-electron chi connectivity index (χ1n) is 7.50. The molecule has 0 aromatic heterocycles. The minimum atomic E-state index is 0. The van der Waals surface area contributed by atoms with Crippen LogP contribution < -0.4 is 10.6 Å². The van der Waals surface area contributed by atoms with Crippen molar-refractivity contribution in [2.45, 2.75) is 32.4 Å². The average molecular weight is 348 g/mol. The lowest BCUT2D eigenvalue weighted by atomic mass is 10.1. The summed E-state index contributed by atoms with van der Waals surface area (Å²) in [7, 11) is 1.86. The van der Waals surface area contributed by atoms with Gasteiger partial charge in [-0.15, -0.1) is 24.8 Å². The largest absolute Gasteiger partial charge is 0.352 e. The van der Waals surface area contributed by atoms with Crippen LogP contribution in [0.5, 0.6) is 0 Å². The summed E-state index contributed by atoms with van der Waals surface area (Å²) in [6.45, 7) is 4.75. The predicted octanol–water partition coefficient (Wildman–Crippen LogP) is 2.35. The van der Waals surface area contributed by atoms with Crippen LogP contribution in [0.1, 0.15) is 30.4 Å². The second kappa shape index (κ2) is 11.7. The van der Waals surface area contributed by atoms with E-state index in [-0.39, 0.29) is 30.7 Å². The molecule has 0 unspecified atom stereocenters. The molecular formula is C16H27Cl2N3O. The molecule has 2 N–H and O–H groups in total. The van der Waals surface area contributed by atoms with E-state index in [0.29, 0.717) is 13.0 Å². The summed E-state index contributed by atoms with van der Waals surface area (Å²) >= 11 is 0. The highest BCUT2D eigenvalue weighted by Gasteiger charge is 2.13. The Hall–Kier alpha value is -0.810. The number of likely N-dealkylation sites (tertiary alicyclic amines) is 1. The Morgan fingerprint density at radius 2 is 1.77 bits per heavy atom. The molecule has 1 saturated heterocycles. The number of nitrogens with one attached hydrogen (secondary N) is 2. The van der Waals surface area contributed by atoms with Crippen molar-refractivity contribution >= 4 is 30.7 Å². The molecule has 1 amide bonds. The van der Waals surface area contributed by atoms with Crippen molar-refractivity contribution in [3.05, 3.63) is 35.4 Å². The molecule has 0 spiro atoms. The Morgan fingerprint density at radius 1 is 1.14 bits per heavy atom. The van der Waals surface area contributed by atoms with E-state index in [1.54, 1.807) is 0 Å². The lowest BCUT2D eigenvalue weighted by Crippen LogP contribution is -2.27. The van der Waals surface area contributed by atoms with E-state index >= 15 is 0 Å². The number of hydrogen-bond donors (Lipinski definition) is 2. The standard InChI is InChI=1S/C16H25N3O.2ClH/c1-17-9-8-16(20)18-12-14-6-2-3-7-15(14)13-19-10-4-5-11-19;;/h2-3,6-7,17H,4-5,8-13H2,1H3,(H,18,20);2*1H. The van der Waals surface area contributed by atoms with Gasteiger partial charge in [-0.1, -0.05) is 24.3 Å². The number of nitrogens with zero attached hydrogens (tertiary/aromatic N) is 1. The van der Waals surface area contributed by atoms with Gasteiger partial charge in [0.2, 0.25) is 5.91 Å². The molecule has 1 heterocycles. The van der Waals surface area contributed by atoms with Gasteiger partial charge in [0.25, 0.3) is 0 Å². The molecule has 0 atom stereocenters. The molecular weight excluding hydrogens is 321 g/mol. The fraction of sp³-hybridized carbons (Fsp3) is 0.562. The van der Waals surface area contributed by atoms with Gasteiger partial charge in [-0.25, -0.2) is 0 Å². The van der Waals surface area contributed by atoms with Crippen LogP contribution in [-0.2, 0) is 17.9 Å². The lowest BCUT2D eigenvalue weighted by molar-refractivity contribution is -0.121. The average Bonchev–Trinajstić information content (AvgIpc) is 2.97. The molecule has 1 aliphatic heterocycles. The maximum absolute atomic E-state index is 11.7. The number of halogens is 2. The molecule has 0 bridgehead atoms. The van der Waals surface area contributed by atoms with Crippen LogP contribution in [0.2, 0.25) is 0 Å². The van der Waals surface area contributed by atoms with E-state index < -0.39 is 0 Å². The summed E-state index contributed by atoms with van der Waals surface area (Å²) in [4.78, 5) is 14.2. The molecule has 1 aromatic carbocycles. The summed E-state index contributed by atoms with van der Waals surface area (Å²) in [6, 6.07) is 8.41. The van der Waals surface area contributed by atoms with E-state index in [2.05, 4.69) is 33.7 Å². The van der Waals surface area contributed by atoms with Crippen molar-refractivity contribution in [1.29, 1.82) is 0 Å². The zero-order valence-corrected chi connectivity index (χ0v) is 14.8. The van der Waals surface area contributed by atoms with E-state index in [4.69, 9.17) is 0 Å². The number of benzene rings is 1. The Morgan fingerprint density at radius 3 is 2.41 bits per heavy atom. The molecule has 1 fully saturated rings. The van der Waals surface area contributed by atoms with Crippen LogP contribution in [0.15, 0.2) is 24.3 Å². The highest BCUT2D eigenvalue weighted by molar-refractivity contribution is 5.85. The summed E-state index contributed by atoms with van der Waals surface area (Å²) in [5.74, 6) is 0.107. The maximum Gasteiger partial charge on any atom is 0.221 e. The van der Waals surface area contributed by atoms with Crippen molar-refractivity contribution < 1.29 is 4.79 Å². The first kappa shape index (κ1) is 21.2. The highest BCUT2D eigenvalue weighted by atomic mass is 35.5. The smallest absolute Gasteiger partial charge is 0.221 e. The van der Waals surface area contributed by atoms with Crippen molar-refractivity contribution in [3.63, 3.8) is 0 Å². The molecule has 1 aliphatic rings. The monoisotopic (exact) mass is 347 g/mol. The van der Waals surface area contributed by atoms with Crippen LogP contribution in [-0.4, -0.2) is 37.5 Å². The highest BCUT2D eigenvalue weighted by Crippen LogP contribution is 2.16.